The van der Waals surface area contributed by atoms with Crippen LogP contribution < -0.4 is 4.90 Å². The fraction of sp³-hybridized carbons (Fsp3) is 0.0588. The lowest BCUT2D eigenvalue weighted by Gasteiger charge is -2.20. The van der Waals surface area contributed by atoms with E-state index in [0.717, 1.165) is 10.3 Å². The smallest absolute Gasteiger partial charge is 0.260 e. The monoisotopic (exact) mass is 387 g/mol. The maximum absolute atomic E-state index is 12.8. The number of benzene rings is 1. The van der Waals surface area contributed by atoms with E-state index in [0.29, 0.717) is 16.3 Å². The quantitative estimate of drug-likeness (QED) is 0.635. The maximum atomic E-state index is 12.8. The highest BCUT2D eigenvalue weighted by Crippen LogP contribution is 2.21. The Morgan fingerprint density at radius 2 is 2.04 bits per heavy atom. The molecule has 0 atom stereocenters. The zero-order valence-corrected chi connectivity index (χ0v) is 14.3. The van der Waals surface area contributed by atoms with E-state index in [1.165, 1.54) is 4.90 Å². The summed E-state index contributed by atoms with van der Waals surface area (Å²) in [6.45, 7) is 0.170. The molecule has 114 valence electrons. The van der Waals surface area contributed by atoms with Crippen LogP contribution in [0.5, 0.6) is 0 Å². The van der Waals surface area contributed by atoms with Gasteiger partial charge < -0.3 is 0 Å². The first-order chi connectivity index (χ1) is 11.1. The standard InChI is InChI=1S/C17H11BrClN3O/c1-2-9-21(14-6-4-13(19)5-7-14)17(23)12-3-8-16-20-10-15(18)22(16)11-12/h1,3-8,10-11H,9H2. The van der Waals surface area contributed by atoms with Crippen molar-refractivity contribution in [3.63, 3.8) is 0 Å². The van der Waals surface area contributed by atoms with E-state index in [1.807, 2.05) is 0 Å². The van der Waals surface area contributed by atoms with Crippen molar-refractivity contribution in [2.75, 3.05) is 11.4 Å². The average molecular weight is 389 g/mol. The lowest BCUT2D eigenvalue weighted by Crippen LogP contribution is -2.31. The first kappa shape index (κ1) is 15.6. The van der Waals surface area contributed by atoms with Gasteiger partial charge in [-0.05, 0) is 52.3 Å². The molecule has 0 aliphatic carbocycles. The molecule has 0 N–H and O–H groups in total. The zero-order chi connectivity index (χ0) is 16.4. The van der Waals surface area contributed by atoms with Crippen LogP contribution in [0.3, 0.4) is 0 Å². The van der Waals surface area contributed by atoms with Crippen LogP contribution in [0.15, 0.2) is 53.4 Å². The molecule has 3 rings (SSSR count). The molecule has 6 heteroatoms. The van der Waals surface area contributed by atoms with Crippen molar-refractivity contribution in [1.29, 1.82) is 0 Å². The minimum absolute atomic E-state index is 0.170. The second kappa shape index (κ2) is 6.45. The third kappa shape index (κ3) is 3.09. The number of halogens is 2. The van der Waals surface area contributed by atoms with Crippen molar-refractivity contribution in [3.05, 3.63) is 64.0 Å². The number of rotatable bonds is 3. The van der Waals surface area contributed by atoms with Gasteiger partial charge >= 0.3 is 0 Å². The fourth-order valence-electron chi connectivity index (χ4n) is 2.23. The third-order valence-electron chi connectivity index (χ3n) is 3.34. The first-order valence-corrected chi connectivity index (χ1v) is 7.91. The van der Waals surface area contributed by atoms with Crippen LogP contribution in [0.2, 0.25) is 5.02 Å². The molecule has 0 aliphatic rings. The van der Waals surface area contributed by atoms with Crippen LogP contribution in [0.4, 0.5) is 5.69 Å². The Kier molecular flexibility index (Phi) is 4.37. The van der Waals surface area contributed by atoms with Crippen molar-refractivity contribution in [1.82, 2.24) is 9.38 Å². The highest BCUT2D eigenvalue weighted by molar-refractivity contribution is 9.10. The summed E-state index contributed by atoms with van der Waals surface area (Å²) in [6.07, 6.45) is 8.83. The molecule has 0 fully saturated rings. The van der Waals surface area contributed by atoms with Crippen molar-refractivity contribution in [3.8, 4) is 12.3 Å². The number of amides is 1. The van der Waals surface area contributed by atoms with Gasteiger partial charge in [0, 0.05) is 16.9 Å². The van der Waals surface area contributed by atoms with Crippen molar-refractivity contribution in [2.24, 2.45) is 0 Å². The molecule has 3 aromatic rings. The van der Waals surface area contributed by atoms with E-state index >= 15 is 0 Å². The number of hydrogen-bond donors (Lipinski definition) is 0. The zero-order valence-electron chi connectivity index (χ0n) is 11.9. The Morgan fingerprint density at radius 3 is 2.74 bits per heavy atom. The number of aromatic nitrogens is 2. The summed E-state index contributed by atoms with van der Waals surface area (Å²) in [5, 5.41) is 0.602. The summed E-state index contributed by atoms with van der Waals surface area (Å²) >= 11 is 9.30. The van der Waals surface area contributed by atoms with Gasteiger partial charge in [0.2, 0.25) is 0 Å². The number of terminal acetylenes is 1. The molecule has 0 saturated carbocycles. The van der Waals surface area contributed by atoms with Gasteiger partial charge in [-0.25, -0.2) is 4.98 Å². The molecule has 2 aromatic heterocycles. The molecule has 1 aromatic carbocycles. The highest BCUT2D eigenvalue weighted by atomic mass is 79.9. The molecule has 0 aliphatic heterocycles. The third-order valence-corrected chi connectivity index (χ3v) is 4.18. The van der Waals surface area contributed by atoms with Gasteiger partial charge in [0.05, 0.1) is 18.3 Å². The van der Waals surface area contributed by atoms with E-state index < -0.39 is 0 Å². The number of nitrogens with zero attached hydrogens (tertiary/aromatic N) is 3. The lowest BCUT2D eigenvalue weighted by molar-refractivity contribution is 0.0989. The second-order valence-electron chi connectivity index (χ2n) is 4.80. The molecular weight excluding hydrogens is 378 g/mol. The molecule has 1 amide bonds. The Labute approximate surface area is 146 Å². The van der Waals surface area contributed by atoms with E-state index in [-0.39, 0.29) is 12.5 Å². The lowest BCUT2D eigenvalue weighted by atomic mass is 10.2. The topological polar surface area (TPSA) is 37.6 Å². The number of fused-ring (bicyclic) bond motifs is 1. The first-order valence-electron chi connectivity index (χ1n) is 6.73. The number of carbonyl (C=O) groups excluding carboxylic acids is 1. The van der Waals surface area contributed by atoms with Gasteiger partial charge in [0.15, 0.2) is 0 Å². The molecule has 2 heterocycles. The van der Waals surface area contributed by atoms with Crippen LogP contribution in [-0.4, -0.2) is 21.8 Å². The minimum Gasteiger partial charge on any atom is -0.297 e. The molecule has 0 spiro atoms. The molecule has 4 nitrogen and oxygen atoms in total. The average Bonchev–Trinajstić information content (AvgIpc) is 2.94. The van der Waals surface area contributed by atoms with Gasteiger partial charge in [-0.15, -0.1) is 6.42 Å². The van der Waals surface area contributed by atoms with E-state index in [1.54, 1.807) is 53.2 Å². The van der Waals surface area contributed by atoms with Crippen molar-refractivity contribution in [2.45, 2.75) is 0 Å². The fourth-order valence-corrected chi connectivity index (χ4v) is 2.74. The van der Waals surface area contributed by atoms with Crippen LogP contribution in [-0.2, 0) is 0 Å². The second-order valence-corrected chi connectivity index (χ2v) is 6.05. The SMILES string of the molecule is C#CCN(C(=O)c1ccc2ncc(Br)n2c1)c1ccc(Cl)cc1. The normalized spacial score (nSPS) is 10.5. The molecule has 0 saturated heterocycles. The summed E-state index contributed by atoms with van der Waals surface area (Å²) in [5.41, 5.74) is 1.96. The van der Waals surface area contributed by atoms with Gasteiger partial charge in [-0.2, -0.15) is 0 Å². The van der Waals surface area contributed by atoms with E-state index in [2.05, 4.69) is 26.8 Å². The maximum Gasteiger partial charge on any atom is 0.260 e. The Balaban J connectivity index is 2.01. The van der Waals surface area contributed by atoms with Crippen LogP contribution in [0, 0.1) is 12.3 Å². The summed E-state index contributed by atoms with van der Waals surface area (Å²) in [5.74, 6) is 2.33. The van der Waals surface area contributed by atoms with Crippen LogP contribution >= 0.6 is 27.5 Å². The number of imidazole rings is 1. The highest BCUT2D eigenvalue weighted by Gasteiger charge is 2.18. The largest absolute Gasteiger partial charge is 0.297 e. The van der Waals surface area contributed by atoms with E-state index in [9.17, 15) is 4.79 Å². The van der Waals surface area contributed by atoms with Gasteiger partial charge in [-0.3, -0.25) is 14.1 Å². The molecule has 0 unspecified atom stereocenters. The number of pyridine rings is 1. The Hall–Kier alpha value is -2.29. The predicted octanol–water partition coefficient (Wildman–Crippen LogP) is 4.03. The van der Waals surface area contributed by atoms with Crippen molar-refractivity contribution >= 4 is 44.8 Å². The van der Waals surface area contributed by atoms with Crippen LogP contribution in [0.1, 0.15) is 10.4 Å². The molecule has 0 bridgehead atoms. The summed E-state index contributed by atoms with van der Waals surface area (Å²) in [4.78, 5) is 18.6. The number of anilines is 1. The molecule has 0 radical (unpaired) electrons. The molecule has 23 heavy (non-hydrogen) atoms. The van der Waals surface area contributed by atoms with E-state index in [4.69, 9.17) is 18.0 Å². The molecular formula is C17H11BrClN3O. The summed E-state index contributed by atoms with van der Waals surface area (Å²) in [7, 11) is 0. The summed E-state index contributed by atoms with van der Waals surface area (Å²) < 4.78 is 2.57. The summed E-state index contributed by atoms with van der Waals surface area (Å²) in [6, 6.07) is 10.5. The van der Waals surface area contributed by atoms with Gasteiger partial charge in [0.25, 0.3) is 5.91 Å². The Bertz CT molecular complexity index is 912. The number of carbonyl (C=O) groups is 1. The number of hydrogen-bond acceptors (Lipinski definition) is 2. The van der Waals surface area contributed by atoms with Gasteiger partial charge in [0.1, 0.15) is 10.3 Å². The van der Waals surface area contributed by atoms with Crippen molar-refractivity contribution < 1.29 is 4.79 Å². The predicted molar refractivity (Wildman–Crippen MR) is 94.9 cm³/mol. The van der Waals surface area contributed by atoms with Gasteiger partial charge in [-0.1, -0.05) is 17.5 Å². The Morgan fingerprint density at radius 1 is 1.30 bits per heavy atom. The minimum atomic E-state index is -0.187. The van der Waals surface area contributed by atoms with Crippen LogP contribution in [0.25, 0.3) is 5.65 Å².